The zero-order chi connectivity index (χ0) is 15.2. The summed E-state index contributed by atoms with van der Waals surface area (Å²) in [6, 6.07) is 3.30. The second-order valence-electron chi connectivity index (χ2n) is 6.45. The first-order valence-electron chi connectivity index (χ1n) is 8.16. The number of nitrogens with one attached hydrogen (secondary N) is 1. The molecule has 1 aliphatic heterocycles. The predicted octanol–water partition coefficient (Wildman–Crippen LogP) is 3.09. The van der Waals surface area contributed by atoms with Gasteiger partial charge in [-0.3, -0.25) is 0 Å². The van der Waals surface area contributed by atoms with Gasteiger partial charge in [-0.2, -0.15) is 0 Å². The number of ether oxygens (including phenoxy) is 1. The molecule has 4 heteroatoms. The van der Waals surface area contributed by atoms with Crippen LogP contribution < -0.4 is 5.32 Å². The van der Waals surface area contributed by atoms with E-state index in [1.165, 1.54) is 24.9 Å². The van der Waals surface area contributed by atoms with Crippen LogP contribution in [0.2, 0.25) is 0 Å². The van der Waals surface area contributed by atoms with Gasteiger partial charge >= 0.3 is 0 Å². The lowest BCUT2D eigenvalue weighted by Gasteiger charge is -2.18. The molecule has 1 aliphatic rings. The van der Waals surface area contributed by atoms with Crippen LogP contribution in [0.5, 0.6) is 0 Å². The van der Waals surface area contributed by atoms with Crippen molar-refractivity contribution in [1.29, 1.82) is 0 Å². The maximum absolute atomic E-state index is 5.84. The summed E-state index contributed by atoms with van der Waals surface area (Å²) in [4.78, 5) is 2.45. The number of nitrogens with zero attached hydrogens (tertiary/aromatic N) is 1. The highest BCUT2D eigenvalue weighted by Gasteiger charge is 2.20. The van der Waals surface area contributed by atoms with Gasteiger partial charge in [0.2, 0.25) is 0 Å². The van der Waals surface area contributed by atoms with E-state index < -0.39 is 0 Å². The lowest BCUT2D eigenvalue weighted by Crippen LogP contribution is -2.26. The smallest absolute Gasteiger partial charge is 0.118 e. The molecule has 0 bridgehead atoms. The van der Waals surface area contributed by atoms with Crippen LogP contribution in [-0.2, 0) is 17.9 Å². The molecule has 21 heavy (non-hydrogen) atoms. The van der Waals surface area contributed by atoms with Gasteiger partial charge in [-0.25, -0.2) is 0 Å². The minimum absolute atomic E-state index is 0.471. The number of likely N-dealkylation sites (tertiary alicyclic amines) is 1. The summed E-state index contributed by atoms with van der Waals surface area (Å²) < 4.78 is 11.6. The molecule has 0 saturated carbocycles. The average Bonchev–Trinajstić information content (AvgIpc) is 2.99. The Morgan fingerprint density at radius 3 is 2.95 bits per heavy atom. The Labute approximate surface area is 128 Å². The Morgan fingerprint density at radius 1 is 1.48 bits per heavy atom. The highest BCUT2D eigenvalue weighted by atomic mass is 16.5. The van der Waals surface area contributed by atoms with E-state index in [-0.39, 0.29) is 0 Å². The van der Waals surface area contributed by atoms with E-state index in [1.807, 2.05) is 6.92 Å². The third kappa shape index (κ3) is 5.13. The van der Waals surface area contributed by atoms with Gasteiger partial charge in [0.1, 0.15) is 11.5 Å². The second kappa shape index (κ2) is 7.97. The van der Waals surface area contributed by atoms with E-state index >= 15 is 0 Å². The normalized spacial score (nSPS) is 19.8. The highest BCUT2D eigenvalue weighted by Crippen LogP contribution is 2.19. The van der Waals surface area contributed by atoms with Crippen LogP contribution in [0.1, 0.15) is 50.2 Å². The van der Waals surface area contributed by atoms with E-state index in [4.69, 9.17) is 9.15 Å². The molecular formula is C17H30N2O2. The molecule has 0 aromatic carbocycles. The van der Waals surface area contributed by atoms with Crippen molar-refractivity contribution in [2.45, 2.75) is 65.3 Å². The molecule has 1 N–H and O–H groups in total. The quantitative estimate of drug-likeness (QED) is 0.748. The van der Waals surface area contributed by atoms with Gasteiger partial charge in [0.25, 0.3) is 0 Å². The van der Waals surface area contributed by atoms with Gasteiger partial charge in [0.05, 0.1) is 13.2 Å². The molecule has 2 heterocycles. The predicted molar refractivity (Wildman–Crippen MR) is 85.3 cm³/mol. The zero-order valence-electron chi connectivity index (χ0n) is 13.9. The van der Waals surface area contributed by atoms with Crippen LogP contribution in [-0.4, -0.2) is 37.2 Å². The Hall–Kier alpha value is -0.840. The molecule has 1 atom stereocenters. The number of furan rings is 1. The Bertz CT molecular complexity index is 428. The SMILES string of the molecule is Cc1oc(CNC(C)C)cc1COCCC1CCCN1C. The van der Waals surface area contributed by atoms with Crippen molar-refractivity contribution in [3.8, 4) is 0 Å². The number of aryl methyl sites for hydroxylation is 1. The van der Waals surface area contributed by atoms with Crippen molar-refractivity contribution in [2.75, 3.05) is 20.2 Å². The molecule has 0 radical (unpaired) electrons. The molecule has 1 saturated heterocycles. The second-order valence-corrected chi connectivity index (χ2v) is 6.45. The van der Waals surface area contributed by atoms with E-state index in [0.29, 0.717) is 18.7 Å². The fourth-order valence-corrected chi connectivity index (χ4v) is 2.87. The minimum Gasteiger partial charge on any atom is -0.465 e. The van der Waals surface area contributed by atoms with E-state index in [2.05, 4.69) is 37.2 Å². The molecule has 0 amide bonds. The summed E-state index contributed by atoms with van der Waals surface area (Å²) in [6.45, 7) is 9.80. The first-order valence-corrected chi connectivity index (χ1v) is 8.16. The van der Waals surface area contributed by atoms with E-state index in [9.17, 15) is 0 Å². The molecule has 4 nitrogen and oxygen atoms in total. The molecule has 120 valence electrons. The van der Waals surface area contributed by atoms with Crippen molar-refractivity contribution < 1.29 is 9.15 Å². The zero-order valence-corrected chi connectivity index (χ0v) is 13.9. The van der Waals surface area contributed by atoms with Crippen molar-refractivity contribution in [2.24, 2.45) is 0 Å². The van der Waals surface area contributed by atoms with Gasteiger partial charge in [-0.1, -0.05) is 13.8 Å². The van der Waals surface area contributed by atoms with Crippen LogP contribution >= 0.6 is 0 Å². The van der Waals surface area contributed by atoms with Crippen molar-refractivity contribution in [3.63, 3.8) is 0 Å². The minimum atomic E-state index is 0.471. The van der Waals surface area contributed by atoms with Crippen molar-refractivity contribution >= 4 is 0 Å². The first-order chi connectivity index (χ1) is 10.1. The molecule has 1 aromatic rings. The molecule has 2 rings (SSSR count). The van der Waals surface area contributed by atoms with Crippen LogP contribution in [0.4, 0.5) is 0 Å². The third-order valence-corrected chi connectivity index (χ3v) is 4.28. The molecule has 1 aromatic heterocycles. The maximum Gasteiger partial charge on any atom is 0.118 e. The summed E-state index contributed by atoms with van der Waals surface area (Å²) >= 11 is 0. The van der Waals surface area contributed by atoms with Gasteiger partial charge in [0.15, 0.2) is 0 Å². The highest BCUT2D eigenvalue weighted by molar-refractivity contribution is 5.19. The molecule has 0 aliphatic carbocycles. The standard InChI is InChI=1S/C17H30N2O2/c1-13(2)18-11-17-10-15(14(3)21-17)12-20-9-7-16-6-5-8-19(16)4/h10,13,16,18H,5-9,11-12H2,1-4H3. The Balaban J connectivity index is 1.70. The van der Waals surface area contributed by atoms with Crippen molar-refractivity contribution in [1.82, 2.24) is 10.2 Å². The largest absolute Gasteiger partial charge is 0.465 e. The number of rotatable bonds is 8. The summed E-state index contributed by atoms with van der Waals surface area (Å²) in [6.07, 6.45) is 3.78. The summed E-state index contributed by atoms with van der Waals surface area (Å²) in [5, 5.41) is 3.37. The van der Waals surface area contributed by atoms with E-state index in [1.54, 1.807) is 0 Å². The number of hydrogen-bond donors (Lipinski definition) is 1. The van der Waals surface area contributed by atoms with E-state index in [0.717, 1.165) is 31.1 Å². The third-order valence-electron chi connectivity index (χ3n) is 4.28. The Morgan fingerprint density at radius 2 is 2.29 bits per heavy atom. The lowest BCUT2D eigenvalue weighted by molar-refractivity contribution is 0.101. The molecule has 0 spiro atoms. The fourth-order valence-electron chi connectivity index (χ4n) is 2.87. The molecule has 1 unspecified atom stereocenters. The monoisotopic (exact) mass is 294 g/mol. The van der Waals surface area contributed by atoms with Gasteiger partial charge in [-0.05, 0) is 45.8 Å². The van der Waals surface area contributed by atoms with Crippen LogP contribution in [0.3, 0.4) is 0 Å². The van der Waals surface area contributed by atoms with Gasteiger partial charge in [0, 0.05) is 24.3 Å². The molecular weight excluding hydrogens is 264 g/mol. The summed E-state index contributed by atoms with van der Waals surface area (Å²) in [5.74, 6) is 1.98. The fraction of sp³-hybridized carbons (Fsp3) is 0.765. The Kier molecular flexibility index (Phi) is 6.27. The van der Waals surface area contributed by atoms with Crippen LogP contribution in [0, 0.1) is 6.92 Å². The number of hydrogen-bond acceptors (Lipinski definition) is 4. The summed E-state index contributed by atoms with van der Waals surface area (Å²) in [5.41, 5.74) is 1.18. The van der Waals surface area contributed by atoms with Gasteiger partial charge in [-0.15, -0.1) is 0 Å². The van der Waals surface area contributed by atoms with Crippen LogP contribution in [0.15, 0.2) is 10.5 Å². The average molecular weight is 294 g/mol. The lowest BCUT2D eigenvalue weighted by atomic mass is 10.1. The summed E-state index contributed by atoms with van der Waals surface area (Å²) in [7, 11) is 2.21. The van der Waals surface area contributed by atoms with Gasteiger partial charge < -0.3 is 19.4 Å². The molecule has 1 fully saturated rings. The van der Waals surface area contributed by atoms with Crippen LogP contribution in [0.25, 0.3) is 0 Å². The maximum atomic E-state index is 5.84. The first kappa shape index (κ1) is 16.5. The topological polar surface area (TPSA) is 37.6 Å². The van der Waals surface area contributed by atoms with Crippen molar-refractivity contribution in [3.05, 3.63) is 23.2 Å².